The van der Waals surface area contributed by atoms with Crippen LogP contribution in [0, 0.1) is 0 Å². The van der Waals surface area contributed by atoms with E-state index in [1.165, 1.54) is 23.8 Å². The number of ether oxygens (including phenoxy) is 1. The van der Waals surface area contributed by atoms with Crippen LogP contribution in [0.2, 0.25) is 5.02 Å². The summed E-state index contributed by atoms with van der Waals surface area (Å²) in [6.07, 6.45) is 0.0943. The van der Waals surface area contributed by atoms with Crippen LogP contribution in [0.5, 0.6) is 5.75 Å². The summed E-state index contributed by atoms with van der Waals surface area (Å²) in [5.74, 6) is -0.105. The van der Waals surface area contributed by atoms with Crippen LogP contribution in [0.15, 0.2) is 42.5 Å². The molecule has 0 N–H and O–H groups in total. The quantitative estimate of drug-likeness (QED) is 0.334. The first-order valence-corrected chi connectivity index (χ1v) is 12.5. The molecule has 2 aromatic rings. The zero-order chi connectivity index (χ0) is 24.4. The Kier molecular flexibility index (Phi) is 7.45. The number of carbonyl (C=O) groups excluding carboxylic acids is 3. The van der Waals surface area contributed by atoms with Crippen LogP contribution in [0.1, 0.15) is 23.7 Å². The molecule has 2 fully saturated rings. The van der Waals surface area contributed by atoms with Gasteiger partial charge in [0.05, 0.1) is 17.8 Å². The van der Waals surface area contributed by atoms with E-state index in [-0.39, 0.29) is 24.0 Å². The Morgan fingerprint density at radius 3 is 2.32 bits per heavy atom. The van der Waals surface area contributed by atoms with E-state index in [0.29, 0.717) is 39.4 Å². The van der Waals surface area contributed by atoms with Gasteiger partial charge in [-0.05, 0) is 43.3 Å². The van der Waals surface area contributed by atoms with Crippen LogP contribution in [0.4, 0.5) is 11.4 Å². The molecule has 2 aliphatic heterocycles. The molecule has 2 heterocycles. The molecule has 2 amide bonds. The number of benzene rings is 2. The Balaban J connectivity index is 1.35. The third-order valence-electron chi connectivity index (χ3n) is 5.92. The summed E-state index contributed by atoms with van der Waals surface area (Å²) in [5.41, 5.74) is 2.20. The average Bonchev–Trinajstić information content (AvgIpc) is 3.12. The van der Waals surface area contributed by atoms with Crippen LogP contribution in [-0.2, 0) is 9.59 Å². The number of imide groups is 1. The van der Waals surface area contributed by atoms with E-state index in [1.54, 1.807) is 25.1 Å². The lowest BCUT2D eigenvalue weighted by atomic mass is 10.1. The summed E-state index contributed by atoms with van der Waals surface area (Å²) in [5, 5.41) is -0.148. The maximum Gasteiger partial charge on any atom is 0.247 e. The Labute approximate surface area is 213 Å². The Bertz CT molecular complexity index is 1130. The number of carbonyl (C=O) groups is 3. The highest BCUT2D eigenvalue weighted by Gasteiger charge is 2.41. The molecule has 10 heteroatoms. The van der Waals surface area contributed by atoms with Gasteiger partial charge in [0, 0.05) is 49.9 Å². The second-order valence-corrected chi connectivity index (χ2v) is 10.3. The number of anilines is 2. The number of thioether (sulfide) groups is 1. The van der Waals surface area contributed by atoms with Gasteiger partial charge < -0.3 is 14.5 Å². The predicted molar refractivity (Wildman–Crippen MR) is 139 cm³/mol. The molecule has 0 unspecified atom stereocenters. The third-order valence-corrected chi connectivity index (χ3v) is 7.89. The van der Waals surface area contributed by atoms with E-state index >= 15 is 0 Å². The molecule has 0 radical (unpaired) electrons. The molecule has 0 bridgehead atoms. The van der Waals surface area contributed by atoms with Crippen molar-refractivity contribution in [3.8, 4) is 5.75 Å². The van der Waals surface area contributed by atoms with Crippen LogP contribution < -0.4 is 14.5 Å². The summed E-state index contributed by atoms with van der Waals surface area (Å²) in [6, 6.07) is 12.4. The van der Waals surface area contributed by atoms with Gasteiger partial charge in [0.25, 0.3) is 0 Å². The lowest BCUT2D eigenvalue weighted by Crippen LogP contribution is -2.48. The first-order chi connectivity index (χ1) is 16.3. The molecular weight excluding hydrogens is 494 g/mol. The zero-order valence-corrected chi connectivity index (χ0v) is 21.2. The minimum Gasteiger partial charge on any atom is -0.495 e. The number of nitrogens with zero attached hydrogens (tertiary/aromatic N) is 3. The van der Waals surface area contributed by atoms with Crippen molar-refractivity contribution in [2.75, 3.05) is 43.1 Å². The largest absolute Gasteiger partial charge is 0.495 e. The molecule has 0 aliphatic carbocycles. The van der Waals surface area contributed by atoms with E-state index in [1.807, 2.05) is 24.3 Å². The number of Topliss-reactive ketones (excluding diaryl/α,β-unsaturated/α-hetero) is 1. The summed E-state index contributed by atoms with van der Waals surface area (Å²) < 4.78 is 5.83. The van der Waals surface area contributed by atoms with Crippen molar-refractivity contribution in [2.24, 2.45) is 0 Å². The number of methoxy groups -OCH3 is 1. The first-order valence-electron chi connectivity index (χ1n) is 10.8. The van der Waals surface area contributed by atoms with Crippen molar-refractivity contribution >= 4 is 68.9 Å². The summed E-state index contributed by atoms with van der Waals surface area (Å²) in [7, 11) is 1.48. The highest BCUT2D eigenvalue weighted by atomic mass is 35.5. The number of hydrogen-bond acceptors (Lipinski definition) is 7. The van der Waals surface area contributed by atoms with Crippen LogP contribution in [-0.4, -0.2) is 65.4 Å². The molecule has 4 rings (SSSR count). The molecule has 1 atom stereocenters. The van der Waals surface area contributed by atoms with Crippen molar-refractivity contribution < 1.29 is 19.1 Å². The van der Waals surface area contributed by atoms with Gasteiger partial charge in [-0.25, -0.2) is 4.90 Å². The fraction of sp³-hybridized carbons (Fsp3) is 0.333. The van der Waals surface area contributed by atoms with Crippen molar-refractivity contribution in [2.45, 2.75) is 18.6 Å². The summed E-state index contributed by atoms with van der Waals surface area (Å²) >= 11 is 13.0. The number of rotatable bonds is 5. The van der Waals surface area contributed by atoms with Crippen molar-refractivity contribution in [1.29, 1.82) is 0 Å². The van der Waals surface area contributed by atoms with E-state index < -0.39 is 5.25 Å². The van der Waals surface area contributed by atoms with Crippen LogP contribution >= 0.6 is 35.6 Å². The lowest BCUT2D eigenvalue weighted by Gasteiger charge is -2.37. The maximum absolute atomic E-state index is 13.0. The van der Waals surface area contributed by atoms with Gasteiger partial charge in [-0.3, -0.25) is 14.4 Å². The van der Waals surface area contributed by atoms with Crippen molar-refractivity contribution in [3.05, 3.63) is 53.1 Å². The monoisotopic (exact) mass is 517 g/mol. The molecular formula is C24H24ClN3O4S2. The molecule has 2 saturated heterocycles. The molecule has 0 aromatic heterocycles. The summed E-state index contributed by atoms with van der Waals surface area (Å²) in [6.45, 7) is 4.53. The third kappa shape index (κ3) is 5.06. The van der Waals surface area contributed by atoms with Gasteiger partial charge >= 0.3 is 0 Å². The Hall–Kier alpha value is -2.62. The van der Waals surface area contributed by atoms with E-state index in [4.69, 9.17) is 28.6 Å². The van der Waals surface area contributed by atoms with Gasteiger partial charge in [0.15, 0.2) is 5.78 Å². The minimum absolute atomic E-state index is 0.0486. The molecule has 0 saturated carbocycles. The van der Waals surface area contributed by atoms with E-state index in [9.17, 15) is 14.4 Å². The fourth-order valence-electron chi connectivity index (χ4n) is 4.01. The number of hydrogen-bond donors (Lipinski definition) is 0. The molecule has 34 heavy (non-hydrogen) atoms. The van der Waals surface area contributed by atoms with Crippen molar-refractivity contribution in [1.82, 2.24) is 4.90 Å². The second kappa shape index (κ2) is 10.3. The number of halogens is 1. The van der Waals surface area contributed by atoms with E-state index in [0.717, 1.165) is 18.8 Å². The number of ketones is 1. The fourth-order valence-corrected chi connectivity index (χ4v) is 5.74. The SMILES string of the molecule is COc1cc(N2C(=O)C[C@@H](SC(=S)N3CCN(c4ccc(C(C)=O)cc4)CC3)C2=O)ccc1Cl. The highest BCUT2D eigenvalue weighted by Crippen LogP contribution is 2.35. The maximum atomic E-state index is 13.0. The standard InChI is InChI=1S/C24H24ClN3O4S2/c1-15(29)16-3-5-17(6-4-16)26-9-11-27(12-10-26)24(33)34-21-14-22(30)28(23(21)31)18-7-8-19(25)20(13-18)32-2/h3-8,13,21H,9-12,14H2,1-2H3/t21-/m1/s1. The normalized spacial score (nSPS) is 18.4. The number of piperazine rings is 1. The van der Waals surface area contributed by atoms with Gasteiger partial charge in [0.1, 0.15) is 15.3 Å². The lowest BCUT2D eigenvalue weighted by molar-refractivity contribution is -0.121. The average molecular weight is 518 g/mol. The van der Waals surface area contributed by atoms with Crippen molar-refractivity contribution in [3.63, 3.8) is 0 Å². The number of thiocarbonyl (C=S) groups is 1. The Morgan fingerprint density at radius 1 is 1.06 bits per heavy atom. The molecule has 2 aliphatic rings. The number of amides is 2. The molecule has 178 valence electrons. The van der Waals surface area contributed by atoms with Gasteiger partial charge in [0.2, 0.25) is 11.8 Å². The van der Waals surface area contributed by atoms with Gasteiger partial charge in [-0.2, -0.15) is 0 Å². The van der Waals surface area contributed by atoms with Gasteiger partial charge in [-0.1, -0.05) is 35.6 Å². The molecule has 2 aromatic carbocycles. The molecule has 7 nitrogen and oxygen atoms in total. The molecule has 0 spiro atoms. The topological polar surface area (TPSA) is 70.2 Å². The van der Waals surface area contributed by atoms with Gasteiger partial charge in [-0.15, -0.1) is 0 Å². The summed E-state index contributed by atoms with van der Waals surface area (Å²) in [4.78, 5) is 42.7. The first kappa shape index (κ1) is 24.5. The smallest absolute Gasteiger partial charge is 0.247 e. The predicted octanol–water partition coefficient (Wildman–Crippen LogP) is 4.02. The van der Waals surface area contributed by atoms with Crippen LogP contribution in [0.25, 0.3) is 0 Å². The second-order valence-electron chi connectivity index (χ2n) is 8.04. The van der Waals surface area contributed by atoms with Crippen LogP contribution in [0.3, 0.4) is 0 Å². The minimum atomic E-state index is -0.557. The van der Waals surface area contributed by atoms with E-state index in [2.05, 4.69) is 9.80 Å². The highest BCUT2D eigenvalue weighted by molar-refractivity contribution is 8.23. The Morgan fingerprint density at radius 2 is 1.71 bits per heavy atom. The zero-order valence-electron chi connectivity index (χ0n) is 18.8.